The second kappa shape index (κ2) is 10.1. The maximum absolute atomic E-state index is 12.9. The Hall–Kier alpha value is -2.25. The van der Waals surface area contributed by atoms with E-state index in [1.54, 1.807) is 24.3 Å². The second-order valence-electron chi connectivity index (χ2n) is 7.46. The van der Waals surface area contributed by atoms with Crippen molar-refractivity contribution in [2.24, 2.45) is 0 Å². The minimum Gasteiger partial charge on any atom is -0.444 e. The lowest BCUT2D eigenvalue weighted by Gasteiger charge is -2.37. The Morgan fingerprint density at radius 1 is 1.09 bits per heavy atom. The van der Waals surface area contributed by atoms with E-state index in [1.807, 2.05) is 30.3 Å². The zero-order chi connectivity index (χ0) is 22.7. The van der Waals surface area contributed by atoms with E-state index < -0.39 is 0 Å². The molecule has 8 heteroatoms. The van der Waals surface area contributed by atoms with Gasteiger partial charge in [0.25, 0.3) is 5.91 Å². The number of nitrogens with one attached hydrogen (secondary N) is 1. The molecule has 2 aromatic carbocycles. The van der Waals surface area contributed by atoms with Crippen molar-refractivity contribution >= 4 is 56.4 Å². The van der Waals surface area contributed by atoms with E-state index in [0.717, 1.165) is 49.5 Å². The summed E-state index contributed by atoms with van der Waals surface area (Å²) in [5.74, 6) is -0.0959. The molecule has 0 aliphatic carbocycles. The molecule has 0 radical (unpaired) electrons. The Morgan fingerprint density at radius 2 is 1.88 bits per heavy atom. The van der Waals surface area contributed by atoms with Gasteiger partial charge in [0.1, 0.15) is 0 Å². The number of furan rings is 1. The number of nitrogens with zero attached hydrogens (tertiary/aromatic N) is 2. The van der Waals surface area contributed by atoms with Gasteiger partial charge in [0, 0.05) is 53.9 Å². The number of benzene rings is 2. The third kappa shape index (κ3) is 5.04. The third-order valence-electron chi connectivity index (χ3n) is 5.38. The predicted molar refractivity (Wildman–Crippen MR) is 135 cm³/mol. The van der Waals surface area contributed by atoms with Crippen molar-refractivity contribution < 1.29 is 9.21 Å². The van der Waals surface area contributed by atoms with E-state index >= 15 is 0 Å². The van der Waals surface area contributed by atoms with Gasteiger partial charge in [-0.3, -0.25) is 9.69 Å². The van der Waals surface area contributed by atoms with Gasteiger partial charge in [0.15, 0.2) is 10.4 Å². The number of hydrogen-bond donors (Lipinski definition) is 1. The van der Waals surface area contributed by atoms with Crippen molar-refractivity contribution in [1.29, 1.82) is 0 Å². The number of carbonyl (C=O) groups is 1. The summed E-state index contributed by atoms with van der Waals surface area (Å²) < 4.78 is 5.93. The first kappa shape index (κ1) is 22.9. The monoisotopic (exact) mass is 533 g/mol. The number of anilines is 2. The minimum absolute atomic E-state index is 0.227. The van der Waals surface area contributed by atoms with Crippen LogP contribution in [0.5, 0.6) is 0 Å². The first-order valence-electron chi connectivity index (χ1n) is 10.2. The molecular weight excluding hydrogens is 513 g/mol. The van der Waals surface area contributed by atoms with Crippen LogP contribution in [0.4, 0.5) is 11.4 Å². The molecule has 0 unspecified atom stereocenters. The van der Waals surface area contributed by atoms with Crippen molar-refractivity contribution in [3.8, 4) is 11.1 Å². The summed E-state index contributed by atoms with van der Waals surface area (Å²) in [6.07, 6.45) is 1.92. The van der Waals surface area contributed by atoms with Gasteiger partial charge >= 0.3 is 0 Å². The average Bonchev–Trinajstić information content (AvgIpc) is 3.23. The van der Waals surface area contributed by atoms with Crippen molar-refractivity contribution in [2.75, 3.05) is 42.9 Å². The highest BCUT2D eigenvalue weighted by atomic mass is 79.9. The third-order valence-corrected chi connectivity index (χ3v) is 6.37. The van der Waals surface area contributed by atoms with Crippen molar-refractivity contribution in [3.05, 3.63) is 81.7 Å². The standard InChI is InChI=1S/C24H22BrCl2N3O2/c1-2-10-29-11-13-30(14-12-29)23-17(18-15-16(26)6-7-19(18)27)4-3-5-20(23)28-24(31)21-8-9-22(25)32-21/h2-9,15H,1,10-14H2,(H,28,31). The Morgan fingerprint density at radius 3 is 2.56 bits per heavy atom. The molecule has 1 saturated heterocycles. The fraction of sp³-hybridized carbons (Fsp3) is 0.208. The lowest BCUT2D eigenvalue weighted by atomic mass is 10.0. The number of piperazine rings is 1. The first-order valence-corrected chi connectivity index (χ1v) is 11.7. The Labute approximate surface area is 205 Å². The van der Waals surface area contributed by atoms with Crippen molar-refractivity contribution in [2.45, 2.75) is 0 Å². The molecule has 1 aliphatic rings. The van der Waals surface area contributed by atoms with Gasteiger partial charge in [-0.1, -0.05) is 41.4 Å². The number of halogens is 3. The van der Waals surface area contributed by atoms with Gasteiger partial charge in [-0.15, -0.1) is 6.58 Å². The van der Waals surface area contributed by atoms with E-state index in [0.29, 0.717) is 20.4 Å². The smallest absolute Gasteiger partial charge is 0.291 e. The largest absolute Gasteiger partial charge is 0.444 e. The van der Waals surface area contributed by atoms with Gasteiger partial charge in [0.2, 0.25) is 0 Å². The maximum Gasteiger partial charge on any atom is 0.291 e. The average molecular weight is 535 g/mol. The van der Waals surface area contributed by atoms with Crippen molar-refractivity contribution in [3.63, 3.8) is 0 Å². The molecule has 1 aromatic heterocycles. The molecule has 2 heterocycles. The quantitative estimate of drug-likeness (QED) is 0.363. The van der Waals surface area contributed by atoms with Gasteiger partial charge in [0.05, 0.1) is 11.4 Å². The van der Waals surface area contributed by atoms with Crippen LogP contribution in [-0.4, -0.2) is 43.5 Å². The minimum atomic E-state index is -0.323. The van der Waals surface area contributed by atoms with Crippen LogP contribution >= 0.6 is 39.1 Å². The van der Waals surface area contributed by atoms with Crippen LogP contribution in [0.3, 0.4) is 0 Å². The zero-order valence-electron chi connectivity index (χ0n) is 17.3. The van der Waals surface area contributed by atoms with E-state index in [2.05, 4.69) is 37.6 Å². The molecule has 32 heavy (non-hydrogen) atoms. The molecule has 166 valence electrons. The van der Waals surface area contributed by atoms with Crippen LogP contribution in [0.1, 0.15) is 10.6 Å². The van der Waals surface area contributed by atoms with Gasteiger partial charge in [-0.05, 0) is 52.3 Å². The molecule has 0 bridgehead atoms. The molecule has 1 amide bonds. The second-order valence-corrected chi connectivity index (χ2v) is 9.09. The van der Waals surface area contributed by atoms with Gasteiger partial charge in [-0.25, -0.2) is 0 Å². The molecule has 1 aliphatic heterocycles. The molecular formula is C24H22BrCl2N3O2. The molecule has 1 fully saturated rings. The number of rotatable bonds is 6. The summed E-state index contributed by atoms with van der Waals surface area (Å²) in [5, 5.41) is 4.21. The fourth-order valence-electron chi connectivity index (χ4n) is 3.86. The Balaban J connectivity index is 1.75. The number of carbonyl (C=O) groups excluding carboxylic acids is 1. The molecule has 0 saturated carbocycles. The van der Waals surface area contributed by atoms with Crippen LogP contribution in [0.2, 0.25) is 10.0 Å². The van der Waals surface area contributed by atoms with Gasteiger partial charge < -0.3 is 14.6 Å². The van der Waals surface area contributed by atoms with Crippen LogP contribution < -0.4 is 10.2 Å². The maximum atomic E-state index is 12.9. The molecule has 3 aromatic rings. The van der Waals surface area contributed by atoms with E-state index in [1.165, 1.54) is 0 Å². The van der Waals surface area contributed by atoms with Crippen LogP contribution in [0, 0.1) is 0 Å². The predicted octanol–water partition coefficient (Wildman–Crippen LogP) is 6.58. The lowest BCUT2D eigenvalue weighted by molar-refractivity contribution is 0.0995. The summed E-state index contributed by atoms with van der Waals surface area (Å²) in [6.45, 7) is 8.08. The van der Waals surface area contributed by atoms with E-state index in [4.69, 9.17) is 27.6 Å². The molecule has 5 nitrogen and oxygen atoms in total. The van der Waals surface area contributed by atoms with Crippen LogP contribution in [0.15, 0.2) is 70.3 Å². The molecule has 4 rings (SSSR count). The number of amides is 1. The molecule has 0 spiro atoms. The highest BCUT2D eigenvalue weighted by molar-refractivity contribution is 9.10. The topological polar surface area (TPSA) is 48.7 Å². The first-order chi connectivity index (χ1) is 15.5. The summed E-state index contributed by atoms with van der Waals surface area (Å²) in [6, 6.07) is 14.5. The Bertz CT molecular complexity index is 1140. The fourth-order valence-corrected chi connectivity index (χ4v) is 4.56. The van der Waals surface area contributed by atoms with Crippen LogP contribution in [-0.2, 0) is 0 Å². The van der Waals surface area contributed by atoms with E-state index in [-0.39, 0.29) is 11.7 Å². The summed E-state index contributed by atoms with van der Waals surface area (Å²) in [5.41, 5.74) is 3.33. The highest BCUT2D eigenvalue weighted by Gasteiger charge is 2.24. The number of para-hydroxylation sites is 1. The van der Waals surface area contributed by atoms with Gasteiger partial charge in [-0.2, -0.15) is 0 Å². The summed E-state index contributed by atoms with van der Waals surface area (Å²) >= 11 is 16.1. The van der Waals surface area contributed by atoms with Crippen molar-refractivity contribution in [1.82, 2.24) is 4.90 Å². The van der Waals surface area contributed by atoms with Crippen LogP contribution in [0.25, 0.3) is 11.1 Å². The number of hydrogen-bond acceptors (Lipinski definition) is 4. The zero-order valence-corrected chi connectivity index (χ0v) is 20.4. The van der Waals surface area contributed by atoms with E-state index in [9.17, 15) is 4.79 Å². The lowest BCUT2D eigenvalue weighted by Crippen LogP contribution is -2.46. The Kier molecular flexibility index (Phi) is 7.26. The highest BCUT2D eigenvalue weighted by Crippen LogP contribution is 2.41. The normalized spacial score (nSPS) is 14.4. The molecule has 1 N–H and O–H groups in total. The summed E-state index contributed by atoms with van der Waals surface area (Å²) in [4.78, 5) is 17.5. The molecule has 0 atom stereocenters. The summed E-state index contributed by atoms with van der Waals surface area (Å²) in [7, 11) is 0. The SMILES string of the molecule is C=CCN1CCN(c2c(NC(=O)c3ccc(Br)o3)cccc2-c2cc(Cl)ccc2Cl)CC1.